The van der Waals surface area contributed by atoms with E-state index < -0.39 is 0 Å². The summed E-state index contributed by atoms with van der Waals surface area (Å²) in [4.78, 5) is 8.39. The molecule has 2 nitrogen and oxygen atoms in total. The van der Waals surface area contributed by atoms with Crippen LogP contribution < -0.4 is 0 Å². The number of halogens is 1. The van der Waals surface area contributed by atoms with Crippen molar-refractivity contribution in [3.05, 3.63) is 34.7 Å². The molecule has 0 aliphatic rings. The van der Waals surface area contributed by atoms with Crippen molar-refractivity contribution in [3.63, 3.8) is 0 Å². The maximum Gasteiger partial charge on any atom is 0.140 e. The van der Waals surface area contributed by atoms with E-state index in [4.69, 9.17) is 11.6 Å². The van der Waals surface area contributed by atoms with Crippen molar-refractivity contribution in [1.29, 1.82) is 0 Å². The van der Waals surface area contributed by atoms with Crippen molar-refractivity contribution in [1.82, 2.24) is 9.97 Å². The summed E-state index contributed by atoms with van der Waals surface area (Å²) >= 11 is 5.96. The van der Waals surface area contributed by atoms with Crippen LogP contribution in [0.1, 0.15) is 11.4 Å². The zero-order valence-corrected chi connectivity index (χ0v) is 8.26. The van der Waals surface area contributed by atoms with Gasteiger partial charge in [0.15, 0.2) is 0 Å². The van der Waals surface area contributed by atoms with Crippen LogP contribution in [-0.2, 0) is 0 Å². The lowest BCUT2D eigenvalue weighted by Gasteiger charge is -2.01. The number of hydrogen-bond donors (Lipinski definition) is 0. The third-order valence-electron chi connectivity index (χ3n) is 1.92. The Morgan fingerprint density at radius 2 is 1.92 bits per heavy atom. The molecule has 0 spiro atoms. The number of hydrogen-bond acceptors (Lipinski definition) is 2. The van der Waals surface area contributed by atoms with Crippen molar-refractivity contribution in [2.75, 3.05) is 0 Å². The maximum absolute atomic E-state index is 5.96. The van der Waals surface area contributed by atoms with Gasteiger partial charge in [0.2, 0.25) is 0 Å². The molecule has 1 aromatic heterocycles. The van der Waals surface area contributed by atoms with Crippen molar-refractivity contribution < 1.29 is 0 Å². The molecule has 0 atom stereocenters. The highest BCUT2D eigenvalue weighted by Gasteiger charge is 2.02. The van der Waals surface area contributed by atoms with Crippen LogP contribution in [0, 0.1) is 13.8 Å². The molecule has 0 saturated heterocycles. The molecule has 1 heterocycles. The highest BCUT2D eigenvalue weighted by Crippen LogP contribution is 2.20. The lowest BCUT2D eigenvalue weighted by atomic mass is 10.2. The second-order valence-electron chi connectivity index (χ2n) is 3.08. The van der Waals surface area contributed by atoms with Gasteiger partial charge in [0.25, 0.3) is 0 Å². The summed E-state index contributed by atoms with van der Waals surface area (Å²) in [6.07, 6.45) is 0. The third-order valence-corrected chi connectivity index (χ3v) is 2.21. The summed E-state index contributed by atoms with van der Waals surface area (Å²) < 4.78 is 0. The first-order valence-corrected chi connectivity index (χ1v) is 4.45. The molecular formula is C10H9ClN2. The van der Waals surface area contributed by atoms with E-state index in [2.05, 4.69) is 9.97 Å². The summed E-state index contributed by atoms with van der Waals surface area (Å²) in [6, 6.07) is 5.97. The Morgan fingerprint density at radius 3 is 2.69 bits per heavy atom. The largest absolute Gasteiger partial charge is 0.233 e. The lowest BCUT2D eigenvalue weighted by Crippen LogP contribution is -1.90. The molecule has 13 heavy (non-hydrogen) atoms. The van der Waals surface area contributed by atoms with Crippen molar-refractivity contribution in [2.24, 2.45) is 0 Å². The van der Waals surface area contributed by atoms with E-state index in [-0.39, 0.29) is 0 Å². The van der Waals surface area contributed by atoms with Gasteiger partial charge < -0.3 is 0 Å². The minimum atomic E-state index is 0.530. The lowest BCUT2D eigenvalue weighted by molar-refractivity contribution is 1.09. The topological polar surface area (TPSA) is 25.8 Å². The quantitative estimate of drug-likeness (QED) is 0.600. The van der Waals surface area contributed by atoms with E-state index >= 15 is 0 Å². The molecule has 0 N–H and O–H groups in total. The van der Waals surface area contributed by atoms with Crippen LogP contribution in [0.15, 0.2) is 18.2 Å². The van der Waals surface area contributed by atoms with Gasteiger partial charge in [-0.05, 0) is 31.5 Å². The normalized spacial score (nSPS) is 10.7. The Bertz CT molecular complexity index is 460. The van der Waals surface area contributed by atoms with E-state index in [1.807, 2.05) is 32.0 Å². The molecule has 0 saturated carbocycles. The Labute approximate surface area is 81.6 Å². The van der Waals surface area contributed by atoms with Crippen molar-refractivity contribution >= 4 is 22.5 Å². The number of rotatable bonds is 0. The molecule has 2 rings (SSSR count). The van der Waals surface area contributed by atoms with Gasteiger partial charge in [-0.15, -0.1) is 0 Å². The highest BCUT2D eigenvalue weighted by molar-refractivity contribution is 6.34. The van der Waals surface area contributed by atoms with Gasteiger partial charge >= 0.3 is 0 Å². The Balaban J connectivity index is 2.86. The molecule has 0 fully saturated rings. The summed E-state index contributed by atoms with van der Waals surface area (Å²) in [5.41, 5.74) is 2.10. The van der Waals surface area contributed by atoms with Gasteiger partial charge in [0.05, 0.1) is 5.52 Å². The van der Waals surface area contributed by atoms with Gasteiger partial charge in [-0.2, -0.15) is 0 Å². The number of benzene rings is 1. The minimum Gasteiger partial charge on any atom is -0.233 e. The Morgan fingerprint density at radius 1 is 1.15 bits per heavy atom. The molecular weight excluding hydrogens is 184 g/mol. The predicted octanol–water partition coefficient (Wildman–Crippen LogP) is 2.90. The zero-order chi connectivity index (χ0) is 9.42. The minimum absolute atomic E-state index is 0.530. The first-order valence-electron chi connectivity index (χ1n) is 4.07. The maximum atomic E-state index is 5.96. The molecule has 0 aliphatic heterocycles. The van der Waals surface area contributed by atoms with E-state index in [1.165, 1.54) is 5.56 Å². The van der Waals surface area contributed by atoms with Crippen LogP contribution in [0.5, 0.6) is 0 Å². The van der Waals surface area contributed by atoms with Crippen LogP contribution in [0.4, 0.5) is 0 Å². The van der Waals surface area contributed by atoms with Crippen LogP contribution >= 0.6 is 11.6 Å². The van der Waals surface area contributed by atoms with Crippen LogP contribution in [-0.4, -0.2) is 9.97 Å². The van der Waals surface area contributed by atoms with E-state index in [1.54, 1.807) is 0 Å². The smallest absolute Gasteiger partial charge is 0.140 e. The number of aromatic nitrogens is 2. The molecule has 66 valence electrons. The standard InChI is InChI=1S/C10H9ClN2/c1-6-3-4-8-9(5-6)12-7(2)13-10(8)11/h3-5H,1-2H3. The number of nitrogens with zero attached hydrogens (tertiary/aromatic N) is 2. The zero-order valence-electron chi connectivity index (χ0n) is 7.50. The fourth-order valence-electron chi connectivity index (χ4n) is 1.31. The van der Waals surface area contributed by atoms with E-state index in [9.17, 15) is 0 Å². The summed E-state index contributed by atoms with van der Waals surface area (Å²) in [5.74, 6) is 0.711. The average Bonchev–Trinajstić information content (AvgIpc) is 2.02. The molecule has 3 heteroatoms. The molecule has 2 aromatic rings. The fourth-order valence-corrected chi connectivity index (χ4v) is 1.59. The summed E-state index contributed by atoms with van der Waals surface area (Å²) in [7, 11) is 0. The molecule has 0 unspecified atom stereocenters. The molecule has 0 amide bonds. The Hall–Kier alpha value is -1.15. The second-order valence-corrected chi connectivity index (χ2v) is 3.44. The van der Waals surface area contributed by atoms with E-state index in [0.29, 0.717) is 11.0 Å². The van der Waals surface area contributed by atoms with Gasteiger partial charge in [0.1, 0.15) is 11.0 Å². The van der Waals surface area contributed by atoms with Gasteiger partial charge in [-0.1, -0.05) is 17.7 Å². The monoisotopic (exact) mass is 192 g/mol. The van der Waals surface area contributed by atoms with E-state index in [0.717, 1.165) is 10.9 Å². The van der Waals surface area contributed by atoms with Crippen molar-refractivity contribution in [3.8, 4) is 0 Å². The highest BCUT2D eigenvalue weighted by atomic mass is 35.5. The fraction of sp³-hybridized carbons (Fsp3) is 0.200. The molecule has 0 aliphatic carbocycles. The number of fused-ring (bicyclic) bond motifs is 1. The van der Waals surface area contributed by atoms with Crippen LogP contribution in [0.3, 0.4) is 0 Å². The van der Waals surface area contributed by atoms with Crippen LogP contribution in [0.25, 0.3) is 10.9 Å². The Kier molecular flexibility index (Phi) is 1.93. The summed E-state index contributed by atoms with van der Waals surface area (Å²) in [5, 5.41) is 1.44. The average molecular weight is 193 g/mol. The van der Waals surface area contributed by atoms with Gasteiger partial charge in [0, 0.05) is 5.39 Å². The number of aryl methyl sites for hydroxylation is 2. The van der Waals surface area contributed by atoms with Crippen molar-refractivity contribution in [2.45, 2.75) is 13.8 Å². The summed E-state index contributed by atoms with van der Waals surface area (Å²) in [6.45, 7) is 3.87. The third kappa shape index (κ3) is 1.49. The first kappa shape index (κ1) is 8.45. The molecule has 1 aromatic carbocycles. The predicted molar refractivity (Wildman–Crippen MR) is 54.0 cm³/mol. The molecule has 0 radical (unpaired) electrons. The van der Waals surface area contributed by atoms with Crippen LogP contribution in [0.2, 0.25) is 5.15 Å². The van der Waals surface area contributed by atoms with Gasteiger partial charge in [-0.3, -0.25) is 0 Å². The van der Waals surface area contributed by atoms with Gasteiger partial charge in [-0.25, -0.2) is 9.97 Å². The SMILES string of the molecule is Cc1ccc2c(Cl)nc(C)nc2c1. The molecule has 0 bridgehead atoms. The first-order chi connectivity index (χ1) is 6.16. The second kappa shape index (κ2) is 2.96.